The van der Waals surface area contributed by atoms with Gasteiger partial charge in [-0.1, -0.05) is 6.07 Å². The van der Waals surface area contributed by atoms with E-state index < -0.39 is 16.2 Å². The molecule has 1 amide bonds. The number of rotatable bonds is 8. The summed E-state index contributed by atoms with van der Waals surface area (Å²) in [6.07, 6.45) is 6.88. The second-order valence-corrected chi connectivity index (χ2v) is 10.7. The van der Waals surface area contributed by atoms with Gasteiger partial charge in [0.15, 0.2) is 0 Å². The first-order chi connectivity index (χ1) is 17.3. The van der Waals surface area contributed by atoms with Crippen molar-refractivity contribution < 1.29 is 14.3 Å². The van der Waals surface area contributed by atoms with Crippen LogP contribution in [0.2, 0.25) is 0 Å². The molecule has 2 aliphatic rings. The number of aromatic nitrogens is 3. The number of nitrogens with one attached hydrogen (secondary N) is 1. The zero-order valence-corrected chi connectivity index (χ0v) is 21.8. The fraction of sp³-hybridized carbons (Fsp3) is 0.500. The predicted molar refractivity (Wildman–Crippen MR) is 141 cm³/mol. The van der Waals surface area contributed by atoms with Crippen molar-refractivity contribution in [3.05, 3.63) is 42.4 Å². The summed E-state index contributed by atoms with van der Waals surface area (Å²) in [4.78, 5) is 40.3. The molecule has 36 heavy (non-hydrogen) atoms. The Morgan fingerprint density at radius 2 is 2.19 bits per heavy atom. The van der Waals surface area contributed by atoms with Crippen molar-refractivity contribution in [3.8, 4) is 0 Å². The van der Waals surface area contributed by atoms with Crippen LogP contribution in [-0.4, -0.2) is 75.4 Å². The van der Waals surface area contributed by atoms with Crippen molar-refractivity contribution in [2.75, 3.05) is 43.2 Å². The summed E-state index contributed by atoms with van der Waals surface area (Å²) in [5.74, 6) is 0.663. The molecule has 3 atom stereocenters. The van der Waals surface area contributed by atoms with E-state index in [2.05, 4.69) is 19.7 Å². The highest BCUT2D eigenvalue weighted by molar-refractivity contribution is 8.26. The van der Waals surface area contributed by atoms with Crippen LogP contribution < -0.4 is 20.4 Å². The molecule has 2 aliphatic heterocycles. The minimum absolute atomic E-state index is 0.265. The Morgan fingerprint density at radius 1 is 1.36 bits per heavy atom. The molecule has 0 saturated carbocycles. The van der Waals surface area contributed by atoms with Gasteiger partial charge in [0.2, 0.25) is 11.9 Å². The third kappa shape index (κ3) is 5.82. The summed E-state index contributed by atoms with van der Waals surface area (Å²) in [5.41, 5.74) is 6.12. The minimum atomic E-state index is -0.867. The molecule has 4 rings (SSSR count). The van der Waals surface area contributed by atoms with E-state index >= 15 is 0 Å². The van der Waals surface area contributed by atoms with Crippen molar-refractivity contribution in [1.82, 2.24) is 24.7 Å². The van der Waals surface area contributed by atoms with Crippen molar-refractivity contribution in [2.24, 2.45) is 11.7 Å². The first-order valence-electron chi connectivity index (χ1n) is 12.1. The molecule has 0 spiro atoms. The maximum Gasteiger partial charge on any atom is 0.375 e. The molecule has 1 fully saturated rings. The number of nitrogens with two attached hydrogens (primary N) is 1. The SMILES string of the molecule is CCOC(=O)S1=CC(C)(N(c2nccc(N(C)Cc3cccnc3)n2)N2CCCC(C(N)=O)C2)CN1. The molecule has 11 nitrogen and oxygen atoms in total. The zero-order valence-electron chi connectivity index (χ0n) is 21.0. The van der Waals surface area contributed by atoms with Crippen molar-refractivity contribution in [2.45, 2.75) is 38.8 Å². The Balaban J connectivity index is 1.68. The molecule has 0 bridgehead atoms. The zero-order chi connectivity index (χ0) is 25.7. The summed E-state index contributed by atoms with van der Waals surface area (Å²) >= 11 is 0. The van der Waals surface area contributed by atoms with Gasteiger partial charge in [-0.15, -0.1) is 0 Å². The maximum absolute atomic E-state index is 12.5. The topological polar surface area (TPSA) is 130 Å². The Kier molecular flexibility index (Phi) is 8.17. The summed E-state index contributed by atoms with van der Waals surface area (Å²) in [7, 11) is 1.10. The van der Waals surface area contributed by atoms with E-state index in [1.807, 2.05) is 53.6 Å². The number of ether oxygens (including phenoxy) is 1. The van der Waals surface area contributed by atoms with Crippen LogP contribution in [-0.2, 0) is 16.1 Å². The lowest BCUT2D eigenvalue weighted by Crippen LogP contribution is -2.62. The Hall–Kier alpha value is -3.09. The molecular formula is C24H34N8O3S. The van der Waals surface area contributed by atoms with E-state index in [1.54, 1.807) is 19.3 Å². The molecule has 194 valence electrons. The molecule has 3 N–H and O–H groups in total. The van der Waals surface area contributed by atoms with E-state index in [0.29, 0.717) is 32.2 Å². The van der Waals surface area contributed by atoms with E-state index in [-0.39, 0.29) is 17.1 Å². The lowest BCUT2D eigenvalue weighted by molar-refractivity contribution is -0.123. The molecule has 2 aromatic heterocycles. The van der Waals surface area contributed by atoms with Crippen LogP contribution in [0.5, 0.6) is 0 Å². The van der Waals surface area contributed by atoms with Gasteiger partial charge in [-0.25, -0.2) is 14.8 Å². The smallest absolute Gasteiger partial charge is 0.375 e. The Bertz CT molecular complexity index is 1120. The largest absolute Gasteiger partial charge is 0.457 e. The average molecular weight is 515 g/mol. The van der Waals surface area contributed by atoms with Gasteiger partial charge < -0.3 is 15.4 Å². The third-order valence-corrected chi connectivity index (χ3v) is 8.00. The lowest BCUT2D eigenvalue weighted by atomic mass is 9.97. The molecule has 0 aromatic carbocycles. The van der Waals surface area contributed by atoms with Gasteiger partial charge in [-0.05, 0) is 60.4 Å². The average Bonchev–Trinajstić information content (AvgIpc) is 3.28. The number of primary amides is 1. The number of carbonyl (C=O) groups is 2. The number of nitrogens with zero attached hydrogens (tertiary/aromatic N) is 6. The number of pyridine rings is 1. The van der Waals surface area contributed by atoms with Gasteiger partial charge in [0.05, 0.1) is 18.1 Å². The first kappa shape index (κ1) is 26.0. The molecular weight excluding hydrogens is 480 g/mol. The van der Waals surface area contributed by atoms with E-state index in [9.17, 15) is 9.59 Å². The quantitative estimate of drug-likeness (QED) is 0.398. The van der Waals surface area contributed by atoms with Crippen LogP contribution in [0.3, 0.4) is 0 Å². The van der Waals surface area contributed by atoms with Gasteiger partial charge >= 0.3 is 5.30 Å². The van der Waals surface area contributed by atoms with Crippen molar-refractivity contribution >= 4 is 39.0 Å². The number of anilines is 2. The summed E-state index contributed by atoms with van der Waals surface area (Å²) in [6, 6.07) is 5.79. The van der Waals surface area contributed by atoms with E-state index in [4.69, 9.17) is 15.5 Å². The maximum atomic E-state index is 12.5. The minimum Gasteiger partial charge on any atom is -0.457 e. The second kappa shape index (κ2) is 11.3. The van der Waals surface area contributed by atoms with Crippen LogP contribution in [0.1, 0.15) is 32.3 Å². The normalized spacial score (nSPS) is 24.1. The van der Waals surface area contributed by atoms with E-state index in [0.717, 1.165) is 30.8 Å². The monoisotopic (exact) mass is 514 g/mol. The first-order valence-corrected chi connectivity index (χ1v) is 13.4. The molecule has 4 heterocycles. The predicted octanol–water partition coefficient (Wildman–Crippen LogP) is 1.93. The highest BCUT2D eigenvalue weighted by Crippen LogP contribution is 2.33. The third-order valence-electron chi connectivity index (χ3n) is 6.32. The van der Waals surface area contributed by atoms with E-state index in [1.165, 1.54) is 0 Å². The summed E-state index contributed by atoms with van der Waals surface area (Å²) in [5, 5.41) is 5.78. The lowest BCUT2D eigenvalue weighted by Gasteiger charge is -2.46. The Morgan fingerprint density at radius 3 is 2.92 bits per heavy atom. The fourth-order valence-electron chi connectivity index (χ4n) is 4.52. The standard InChI is InChI=1S/C24H34N8O3S/c1-4-35-23(34)36-17-24(2,16-28-36)32(31-12-6-8-19(15-31)21(25)33)22-27-11-9-20(29-22)30(3)14-18-7-5-10-26-13-18/h5,7,9-11,13,17,19,28H,4,6,8,12,14-16H2,1-3H3,(H2,25,33). The van der Waals surface area contributed by atoms with Crippen LogP contribution in [0.15, 0.2) is 36.8 Å². The van der Waals surface area contributed by atoms with Gasteiger partial charge in [0.25, 0.3) is 0 Å². The van der Waals surface area contributed by atoms with Crippen LogP contribution in [0.4, 0.5) is 16.6 Å². The molecule has 2 aromatic rings. The molecule has 0 radical (unpaired) electrons. The molecule has 12 heteroatoms. The van der Waals surface area contributed by atoms with Crippen molar-refractivity contribution in [3.63, 3.8) is 0 Å². The second-order valence-electron chi connectivity index (χ2n) is 9.22. The number of amides is 1. The summed E-state index contributed by atoms with van der Waals surface area (Å²) in [6.45, 7) is 6.46. The van der Waals surface area contributed by atoms with Crippen LogP contribution in [0, 0.1) is 5.92 Å². The van der Waals surface area contributed by atoms with Gasteiger partial charge in [0, 0.05) is 51.8 Å². The number of hydrogen-bond acceptors (Lipinski definition) is 10. The summed E-state index contributed by atoms with van der Waals surface area (Å²) < 4.78 is 8.54. The number of carbonyl (C=O) groups excluding carboxylic acids is 2. The Labute approximate surface area is 214 Å². The number of hydrogen-bond donors (Lipinski definition) is 2. The molecule has 1 saturated heterocycles. The molecule has 3 unspecified atom stereocenters. The van der Waals surface area contributed by atoms with Crippen molar-refractivity contribution in [1.29, 1.82) is 0 Å². The van der Waals surface area contributed by atoms with Crippen LogP contribution >= 0.6 is 10.7 Å². The van der Waals surface area contributed by atoms with Gasteiger partial charge in [-0.3, -0.25) is 19.5 Å². The van der Waals surface area contributed by atoms with Gasteiger partial charge in [0.1, 0.15) is 5.82 Å². The van der Waals surface area contributed by atoms with Crippen LogP contribution in [0.25, 0.3) is 0 Å². The van der Waals surface area contributed by atoms with Gasteiger partial charge in [-0.2, -0.15) is 4.98 Å². The highest BCUT2D eigenvalue weighted by atomic mass is 32.2. The fourth-order valence-corrected chi connectivity index (χ4v) is 6.20. The number of piperidine rings is 1. The highest BCUT2D eigenvalue weighted by Gasteiger charge is 2.43. The molecule has 0 aliphatic carbocycles. The number of hydrazine groups is 1.